The molecule has 2 amide bonds. The van der Waals surface area contributed by atoms with Crippen molar-refractivity contribution in [1.29, 1.82) is 0 Å². The van der Waals surface area contributed by atoms with E-state index in [1.54, 1.807) is 67.8 Å². The molecule has 0 saturated carbocycles. The van der Waals surface area contributed by atoms with Crippen molar-refractivity contribution in [2.24, 2.45) is 7.05 Å². The van der Waals surface area contributed by atoms with Gasteiger partial charge in [-0.3, -0.25) is 9.59 Å². The van der Waals surface area contributed by atoms with Crippen molar-refractivity contribution >= 4 is 34.5 Å². The summed E-state index contributed by atoms with van der Waals surface area (Å²) in [7, 11) is 1.64. The molecule has 8 nitrogen and oxygen atoms in total. The molecule has 0 unspecified atom stereocenters. The largest absolute Gasteiger partial charge is 0.476 e. The minimum Gasteiger partial charge on any atom is -0.476 e. The van der Waals surface area contributed by atoms with Crippen LogP contribution in [-0.2, 0) is 7.05 Å². The zero-order chi connectivity index (χ0) is 21.0. The van der Waals surface area contributed by atoms with Crippen LogP contribution in [-0.4, -0.2) is 37.7 Å². The summed E-state index contributed by atoms with van der Waals surface area (Å²) in [4.78, 5) is 42.4. The number of imide groups is 1. The van der Waals surface area contributed by atoms with Gasteiger partial charge in [-0.05, 0) is 41.5 Å². The summed E-state index contributed by atoms with van der Waals surface area (Å²) in [5.74, 6) is -1.87. The maximum atomic E-state index is 12.7. The lowest BCUT2D eigenvalue weighted by Crippen LogP contribution is -2.29. The van der Waals surface area contributed by atoms with Gasteiger partial charge in [0.05, 0.1) is 22.2 Å². The zero-order valence-electron chi connectivity index (χ0n) is 15.7. The lowest BCUT2D eigenvalue weighted by molar-refractivity contribution is 0.0691. The second-order valence-corrected chi connectivity index (χ2v) is 6.87. The second kappa shape index (κ2) is 6.35. The van der Waals surface area contributed by atoms with E-state index in [0.29, 0.717) is 33.4 Å². The van der Waals surface area contributed by atoms with Gasteiger partial charge in [0.15, 0.2) is 11.3 Å². The van der Waals surface area contributed by atoms with Crippen molar-refractivity contribution in [2.75, 3.05) is 4.90 Å². The number of anilines is 1. The molecule has 1 N–H and O–H groups in total. The van der Waals surface area contributed by atoms with Crippen LogP contribution in [0.2, 0.25) is 0 Å². The van der Waals surface area contributed by atoms with E-state index in [9.17, 15) is 19.5 Å². The number of hydrogen-bond donors (Lipinski definition) is 1. The highest BCUT2D eigenvalue weighted by atomic mass is 16.4. The number of benzene rings is 2. The summed E-state index contributed by atoms with van der Waals surface area (Å²) in [5.41, 5.74) is 2.94. The number of nitrogens with zero attached hydrogens (tertiary/aromatic N) is 4. The fraction of sp³-hybridized carbons (Fsp3) is 0.0455. The number of carboxylic acid groups (broad SMARTS) is 1. The van der Waals surface area contributed by atoms with Gasteiger partial charge in [-0.25, -0.2) is 19.4 Å². The average molecular weight is 398 g/mol. The van der Waals surface area contributed by atoms with Crippen molar-refractivity contribution in [3.63, 3.8) is 0 Å². The molecule has 0 aliphatic carbocycles. The first kappa shape index (κ1) is 17.7. The summed E-state index contributed by atoms with van der Waals surface area (Å²) >= 11 is 0. The van der Waals surface area contributed by atoms with Gasteiger partial charge >= 0.3 is 5.97 Å². The van der Waals surface area contributed by atoms with E-state index >= 15 is 0 Å². The molecule has 2 aromatic heterocycles. The molecule has 0 spiro atoms. The number of carboxylic acids is 1. The molecule has 0 bridgehead atoms. The molecule has 30 heavy (non-hydrogen) atoms. The van der Waals surface area contributed by atoms with Gasteiger partial charge in [0, 0.05) is 13.2 Å². The van der Waals surface area contributed by atoms with E-state index in [4.69, 9.17) is 0 Å². The van der Waals surface area contributed by atoms with Gasteiger partial charge < -0.3 is 5.11 Å². The maximum Gasteiger partial charge on any atom is 0.357 e. The van der Waals surface area contributed by atoms with E-state index in [2.05, 4.69) is 10.1 Å². The molecule has 0 radical (unpaired) electrons. The molecule has 0 fully saturated rings. The first-order valence-corrected chi connectivity index (χ1v) is 9.10. The van der Waals surface area contributed by atoms with Gasteiger partial charge in [0.25, 0.3) is 11.8 Å². The van der Waals surface area contributed by atoms with Crippen LogP contribution in [0.25, 0.3) is 22.2 Å². The molecule has 146 valence electrons. The molecule has 2 aromatic carbocycles. The Labute approximate surface area is 170 Å². The van der Waals surface area contributed by atoms with Crippen LogP contribution < -0.4 is 4.90 Å². The summed E-state index contributed by atoms with van der Waals surface area (Å²) < 4.78 is 1.43. The van der Waals surface area contributed by atoms with Gasteiger partial charge in [0.2, 0.25) is 0 Å². The van der Waals surface area contributed by atoms with Gasteiger partial charge in [-0.1, -0.05) is 24.3 Å². The van der Waals surface area contributed by atoms with E-state index < -0.39 is 5.97 Å². The number of rotatable bonds is 3. The number of carbonyl (C=O) groups excluding carboxylic acids is 2. The highest BCUT2D eigenvalue weighted by molar-refractivity contribution is 6.34. The summed E-state index contributed by atoms with van der Waals surface area (Å²) in [6.45, 7) is 0. The van der Waals surface area contributed by atoms with Crippen LogP contribution in [0, 0.1) is 0 Å². The Bertz CT molecular complexity index is 1340. The number of carbonyl (C=O) groups is 3. The van der Waals surface area contributed by atoms with Crippen LogP contribution in [0.4, 0.5) is 5.69 Å². The van der Waals surface area contributed by atoms with Crippen LogP contribution in [0.3, 0.4) is 0 Å². The third-order valence-electron chi connectivity index (χ3n) is 5.16. The Balaban J connectivity index is 1.58. The number of amides is 2. The van der Waals surface area contributed by atoms with Crippen molar-refractivity contribution in [1.82, 2.24) is 14.8 Å². The quantitative estimate of drug-likeness (QED) is 0.532. The SMILES string of the molecule is Cn1nc(C(=O)O)c2c(-c3ccc(N4C(=O)c5ccccc5C4=O)cc3)ccnc21. The molecule has 3 heterocycles. The highest BCUT2D eigenvalue weighted by Crippen LogP contribution is 2.33. The van der Waals surface area contributed by atoms with Crippen LogP contribution in [0.5, 0.6) is 0 Å². The monoisotopic (exact) mass is 398 g/mol. The van der Waals surface area contributed by atoms with Crippen molar-refractivity contribution in [3.05, 3.63) is 77.6 Å². The molecule has 4 aromatic rings. The van der Waals surface area contributed by atoms with Crippen LogP contribution in [0.15, 0.2) is 60.8 Å². The number of aromatic nitrogens is 3. The summed E-state index contributed by atoms with van der Waals surface area (Å²) in [5, 5.41) is 14.0. The van der Waals surface area contributed by atoms with Gasteiger partial charge in [-0.2, -0.15) is 5.10 Å². The Morgan fingerprint density at radius 2 is 1.53 bits per heavy atom. The zero-order valence-corrected chi connectivity index (χ0v) is 15.7. The minimum atomic E-state index is -1.14. The molecular weight excluding hydrogens is 384 g/mol. The highest BCUT2D eigenvalue weighted by Gasteiger charge is 2.36. The normalized spacial score (nSPS) is 13.2. The first-order valence-electron chi connectivity index (χ1n) is 9.10. The predicted molar refractivity (Wildman–Crippen MR) is 108 cm³/mol. The predicted octanol–water partition coefficient (Wildman–Crippen LogP) is 3.13. The van der Waals surface area contributed by atoms with Crippen LogP contribution in [0.1, 0.15) is 31.2 Å². The molecule has 0 saturated heterocycles. The number of aryl methyl sites for hydroxylation is 1. The minimum absolute atomic E-state index is 0.0833. The summed E-state index contributed by atoms with van der Waals surface area (Å²) in [6, 6.07) is 15.2. The van der Waals surface area contributed by atoms with Crippen molar-refractivity contribution < 1.29 is 19.5 Å². The maximum absolute atomic E-state index is 12.7. The van der Waals surface area contributed by atoms with E-state index in [0.717, 1.165) is 10.5 Å². The van der Waals surface area contributed by atoms with Crippen molar-refractivity contribution in [2.45, 2.75) is 0 Å². The number of fused-ring (bicyclic) bond motifs is 2. The Morgan fingerprint density at radius 3 is 2.13 bits per heavy atom. The molecule has 5 rings (SSSR count). The number of aromatic carboxylic acids is 1. The van der Waals surface area contributed by atoms with E-state index in [1.807, 2.05) is 0 Å². The first-order chi connectivity index (χ1) is 14.5. The molecule has 8 heteroatoms. The fourth-order valence-corrected chi connectivity index (χ4v) is 3.78. The molecule has 0 atom stereocenters. The molecule has 1 aliphatic rings. The lowest BCUT2D eigenvalue weighted by atomic mass is 10.0. The van der Waals surface area contributed by atoms with E-state index in [1.165, 1.54) is 4.68 Å². The molecular formula is C22H14N4O4. The number of hydrogen-bond acceptors (Lipinski definition) is 5. The van der Waals surface area contributed by atoms with Crippen molar-refractivity contribution in [3.8, 4) is 11.1 Å². The second-order valence-electron chi connectivity index (χ2n) is 6.87. The fourth-order valence-electron chi connectivity index (χ4n) is 3.78. The van der Waals surface area contributed by atoms with Gasteiger partial charge in [-0.15, -0.1) is 0 Å². The Kier molecular flexibility index (Phi) is 3.75. The summed E-state index contributed by atoms with van der Waals surface area (Å²) in [6.07, 6.45) is 1.59. The Hall–Kier alpha value is -4.33. The third kappa shape index (κ3) is 2.44. The van der Waals surface area contributed by atoms with Crippen LogP contribution >= 0.6 is 0 Å². The lowest BCUT2D eigenvalue weighted by Gasteiger charge is -2.14. The van der Waals surface area contributed by atoms with E-state index in [-0.39, 0.29) is 17.5 Å². The Morgan fingerprint density at radius 1 is 0.900 bits per heavy atom. The van der Waals surface area contributed by atoms with Gasteiger partial charge in [0.1, 0.15) is 0 Å². The smallest absolute Gasteiger partial charge is 0.357 e. The molecule has 1 aliphatic heterocycles. The third-order valence-corrected chi connectivity index (χ3v) is 5.16. The number of pyridine rings is 1. The standard InChI is InChI=1S/C22H14N4O4/c1-25-19-17(18(24-25)22(29)30)14(10-11-23-19)12-6-8-13(9-7-12)26-20(27)15-4-2-3-5-16(15)21(26)28/h2-11H,1H3,(H,29,30). The average Bonchev–Trinajstić information content (AvgIpc) is 3.23. The topological polar surface area (TPSA) is 105 Å².